The standard InChI is InChI=1S/C33H41Cl2N3O4/c1-20(2)16-27(21-6-8-22(9-7-21)30(41)36-15-12-28(39)40)38-31(42)29(23-17-25(34)19-26(35)18-23)37-33(38)13-10-24(11-14-33)32(3,4)5/h6-9,17-20,24,27H,10-16H2,1-5H3,(H,36,41)(H,39,40). The summed E-state index contributed by atoms with van der Waals surface area (Å²) in [5.41, 5.74) is 1.85. The van der Waals surface area contributed by atoms with Gasteiger partial charge in [-0.25, -0.2) is 0 Å². The molecule has 1 fully saturated rings. The van der Waals surface area contributed by atoms with Gasteiger partial charge in [0.1, 0.15) is 11.4 Å². The molecule has 2 aromatic carbocycles. The highest BCUT2D eigenvalue weighted by molar-refractivity contribution is 6.47. The molecular weight excluding hydrogens is 573 g/mol. The van der Waals surface area contributed by atoms with E-state index in [1.54, 1.807) is 30.3 Å². The third-order valence-corrected chi connectivity index (χ3v) is 8.96. The summed E-state index contributed by atoms with van der Waals surface area (Å²) in [5, 5.41) is 12.4. The normalized spacial score (nSPS) is 21.5. The molecule has 226 valence electrons. The molecule has 0 saturated heterocycles. The summed E-state index contributed by atoms with van der Waals surface area (Å²) < 4.78 is 0. The number of halogens is 2. The van der Waals surface area contributed by atoms with Crippen LogP contribution >= 0.6 is 23.2 Å². The van der Waals surface area contributed by atoms with Crippen molar-refractivity contribution < 1.29 is 19.5 Å². The second-order valence-corrected chi connectivity index (χ2v) is 14.0. The molecule has 42 heavy (non-hydrogen) atoms. The first-order valence-corrected chi connectivity index (χ1v) is 15.5. The summed E-state index contributed by atoms with van der Waals surface area (Å²) in [6, 6.07) is 12.2. The highest BCUT2D eigenvalue weighted by Crippen LogP contribution is 2.50. The molecular formula is C33H41Cl2N3O4. The molecule has 2 aromatic rings. The van der Waals surface area contributed by atoms with Gasteiger partial charge in [-0.05, 0) is 85.3 Å². The lowest BCUT2D eigenvalue weighted by Gasteiger charge is -2.47. The van der Waals surface area contributed by atoms with E-state index in [1.165, 1.54) is 0 Å². The largest absolute Gasteiger partial charge is 0.481 e. The van der Waals surface area contributed by atoms with Crippen LogP contribution in [0.1, 0.15) is 101 Å². The van der Waals surface area contributed by atoms with Crippen molar-refractivity contribution >= 4 is 46.7 Å². The van der Waals surface area contributed by atoms with Gasteiger partial charge in [-0.1, -0.05) is 70.0 Å². The number of aliphatic imine (C=N–C) groups is 1. The highest BCUT2D eigenvalue weighted by atomic mass is 35.5. The molecule has 0 aromatic heterocycles. The Balaban J connectivity index is 1.72. The van der Waals surface area contributed by atoms with E-state index in [4.69, 9.17) is 33.3 Å². The first-order chi connectivity index (χ1) is 19.7. The van der Waals surface area contributed by atoms with Crippen LogP contribution < -0.4 is 5.32 Å². The van der Waals surface area contributed by atoms with Crippen molar-refractivity contribution in [3.63, 3.8) is 0 Å². The van der Waals surface area contributed by atoms with Crippen molar-refractivity contribution in [1.82, 2.24) is 10.2 Å². The van der Waals surface area contributed by atoms with Gasteiger partial charge >= 0.3 is 5.97 Å². The summed E-state index contributed by atoms with van der Waals surface area (Å²) in [4.78, 5) is 45.0. The quantitative estimate of drug-likeness (QED) is 0.305. The van der Waals surface area contributed by atoms with E-state index in [0.29, 0.717) is 32.8 Å². The second-order valence-electron chi connectivity index (χ2n) is 13.1. The van der Waals surface area contributed by atoms with Crippen molar-refractivity contribution in [2.24, 2.45) is 22.2 Å². The molecule has 9 heteroatoms. The van der Waals surface area contributed by atoms with Crippen molar-refractivity contribution in [2.75, 3.05) is 6.54 Å². The lowest BCUT2D eigenvalue weighted by molar-refractivity contribution is -0.137. The molecule has 1 aliphatic heterocycles. The van der Waals surface area contributed by atoms with E-state index in [-0.39, 0.29) is 42.2 Å². The van der Waals surface area contributed by atoms with Crippen molar-refractivity contribution in [3.8, 4) is 0 Å². The second kappa shape index (κ2) is 12.8. The minimum absolute atomic E-state index is 0.0554. The van der Waals surface area contributed by atoms with Crippen LogP contribution in [0.5, 0.6) is 0 Å². The summed E-state index contributed by atoms with van der Waals surface area (Å²) in [5.74, 6) is -0.619. The SMILES string of the molecule is CC(C)CC(c1ccc(C(=O)NCCC(=O)O)cc1)N1C(=O)C(c2cc(Cl)cc(Cl)c2)=NC12CCC(C(C)(C)C)CC2. The third kappa shape index (κ3) is 7.17. The number of aliphatic carboxylic acids is 1. The lowest BCUT2D eigenvalue weighted by Crippen LogP contribution is -2.51. The number of amides is 2. The van der Waals surface area contributed by atoms with Crippen LogP contribution in [0.4, 0.5) is 0 Å². The zero-order valence-corrected chi connectivity index (χ0v) is 26.6. The van der Waals surface area contributed by atoms with Crippen LogP contribution in [0.15, 0.2) is 47.5 Å². The lowest BCUT2D eigenvalue weighted by atomic mass is 9.69. The van der Waals surface area contributed by atoms with Gasteiger partial charge in [-0.15, -0.1) is 0 Å². The van der Waals surface area contributed by atoms with E-state index in [0.717, 1.165) is 37.7 Å². The average molecular weight is 615 g/mol. The molecule has 2 aliphatic rings. The summed E-state index contributed by atoms with van der Waals surface area (Å²) in [6.07, 6.45) is 4.03. The molecule has 1 spiro atoms. The summed E-state index contributed by atoms with van der Waals surface area (Å²) in [6.45, 7) is 11.2. The Morgan fingerprint density at radius 3 is 2.19 bits per heavy atom. The maximum absolute atomic E-state index is 14.4. The molecule has 7 nitrogen and oxygen atoms in total. The van der Waals surface area contributed by atoms with Gasteiger partial charge < -0.3 is 15.3 Å². The van der Waals surface area contributed by atoms with Crippen molar-refractivity contribution in [3.05, 3.63) is 69.2 Å². The Morgan fingerprint density at radius 1 is 1.07 bits per heavy atom. The van der Waals surface area contributed by atoms with Gasteiger partial charge in [0.25, 0.3) is 11.8 Å². The number of carbonyl (C=O) groups excluding carboxylic acids is 2. The molecule has 1 aliphatic carbocycles. The topological polar surface area (TPSA) is 99.1 Å². The fourth-order valence-corrected chi connectivity index (χ4v) is 6.83. The Hall–Kier alpha value is -2.90. The zero-order chi connectivity index (χ0) is 30.8. The minimum Gasteiger partial charge on any atom is -0.481 e. The molecule has 1 unspecified atom stereocenters. The van der Waals surface area contributed by atoms with Crippen LogP contribution in [0.2, 0.25) is 10.0 Å². The van der Waals surface area contributed by atoms with E-state index in [2.05, 4.69) is 39.9 Å². The van der Waals surface area contributed by atoms with Gasteiger partial charge in [-0.3, -0.25) is 19.4 Å². The van der Waals surface area contributed by atoms with Gasteiger partial charge in [-0.2, -0.15) is 0 Å². The molecule has 0 bridgehead atoms. The number of carbonyl (C=O) groups is 3. The first-order valence-electron chi connectivity index (χ1n) is 14.7. The Bertz CT molecular complexity index is 1340. The van der Waals surface area contributed by atoms with Gasteiger partial charge in [0.2, 0.25) is 0 Å². The van der Waals surface area contributed by atoms with Crippen LogP contribution in [0.3, 0.4) is 0 Å². The summed E-state index contributed by atoms with van der Waals surface area (Å²) >= 11 is 12.7. The van der Waals surface area contributed by atoms with Crippen molar-refractivity contribution in [2.45, 2.75) is 84.8 Å². The minimum atomic E-state index is -0.968. The van der Waals surface area contributed by atoms with E-state index < -0.39 is 11.6 Å². The monoisotopic (exact) mass is 613 g/mol. The van der Waals surface area contributed by atoms with Gasteiger partial charge in [0.15, 0.2) is 0 Å². The predicted molar refractivity (Wildman–Crippen MR) is 167 cm³/mol. The third-order valence-electron chi connectivity index (χ3n) is 8.53. The maximum atomic E-state index is 14.4. The maximum Gasteiger partial charge on any atom is 0.305 e. The molecule has 1 heterocycles. The molecule has 4 rings (SSSR count). The molecule has 2 N–H and O–H groups in total. The van der Waals surface area contributed by atoms with E-state index >= 15 is 0 Å². The van der Waals surface area contributed by atoms with E-state index in [9.17, 15) is 14.4 Å². The Kier molecular flexibility index (Phi) is 9.73. The average Bonchev–Trinajstić information content (AvgIpc) is 3.17. The first kappa shape index (κ1) is 32.0. The highest BCUT2D eigenvalue weighted by Gasteiger charge is 2.52. The Labute approximate surface area is 258 Å². The van der Waals surface area contributed by atoms with Crippen LogP contribution in [-0.2, 0) is 9.59 Å². The zero-order valence-electron chi connectivity index (χ0n) is 25.0. The van der Waals surface area contributed by atoms with Crippen LogP contribution in [0.25, 0.3) is 0 Å². The molecule has 1 atom stereocenters. The van der Waals surface area contributed by atoms with Crippen molar-refractivity contribution in [1.29, 1.82) is 0 Å². The fraction of sp³-hybridized carbons (Fsp3) is 0.515. The number of carboxylic acid groups (broad SMARTS) is 1. The van der Waals surface area contributed by atoms with Crippen LogP contribution in [-0.4, -0.2) is 45.7 Å². The van der Waals surface area contributed by atoms with Gasteiger partial charge in [0, 0.05) is 27.7 Å². The molecule has 0 radical (unpaired) electrons. The number of hydrogen-bond donors (Lipinski definition) is 2. The number of carboxylic acids is 1. The number of nitrogens with one attached hydrogen (secondary N) is 1. The molecule has 2 amide bonds. The number of hydrogen-bond acceptors (Lipinski definition) is 4. The smallest absolute Gasteiger partial charge is 0.305 e. The van der Waals surface area contributed by atoms with Crippen LogP contribution in [0, 0.1) is 17.3 Å². The fourth-order valence-electron chi connectivity index (χ4n) is 6.30. The number of benzene rings is 2. The predicted octanol–water partition coefficient (Wildman–Crippen LogP) is 7.55. The Morgan fingerprint density at radius 2 is 1.67 bits per heavy atom. The molecule has 1 saturated carbocycles. The summed E-state index contributed by atoms with van der Waals surface area (Å²) in [7, 11) is 0. The van der Waals surface area contributed by atoms with E-state index in [1.807, 2.05) is 17.0 Å². The number of rotatable bonds is 9. The van der Waals surface area contributed by atoms with Gasteiger partial charge in [0.05, 0.1) is 12.5 Å². The number of nitrogens with zero attached hydrogens (tertiary/aromatic N) is 2.